The first kappa shape index (κ1) is 15.2. The minimum atomic E-state index is -0.668. The number of rotatable bonds is 4. The van der Waals surface area contributed by atoms with Crippen molar-refractivity contribution in [3.05, 3.63) is 22.7 Å². The van der Waals surface area contributed by atoms with Crippen molar-refractivity contribution in [3.8, 4) is 0 Å². The van der Waals surface area contributed by atoms with Crippen LogP contribution in [0.25, 0.3) is 0 Å². The summed E-state index contributed by atoms with van der Waals surface area (Å²) in [6, 6.07) is -0.668. The number of aryl methyl sites for hydroxylation is 1. The summed E-state index contributed by atoms with van der Waals surface area (Å²) in [5, 5.41) is 6.39. The molecule has 118 valence electrons. The van der Waals surface area contributed by atoms with Gasteiger partial charge in [-0.15, -0.1) is 5.10 Å². The number of hydrogen-bond acceptors (Lipinski definition) is 7. The van der Waals surface area contributed by atoms with E-state index in [1.54, 1.807) is 19.1 Å². The van der Waals surface area contributed by atoms with E-state index in [9.17, 15) is 14.4 Å². The minimum absolute atomic E-state index is 0.0412. The molecule has 0 saturated carbocycles. The number of aliphatic imine (C=N–C) groups is 2. The first-order valence-corrected chi connectivity index (χ1v) is 7.57. The first-order chi connectivity index (χ1) is 11.1. The van der Waals surface area contributed by atoms with Crippen LogP contribution in [0.1, 0.15) is 15.4 Å². The van der Waals surface area contributed by atoms with E-state index in [0.717, 1.165) is 16.4 Å². The highest BCUT2D eigenvalue weighted by atomic mass is 32.1. The lowest BCUT2D eigenvalue weighted by Crippen LogP contribution is -2.48. The highest BCUT2D eigenvalue weighted by Gasteiger charge is 2.36. The Balaban J connectivity index is 1.61. The molecule has 1 N–H and O–H groups in total. The number of urea groups is 1. The average molecular weight is 332 g/mol. The third-order valence-corrected chi connectivity index (χ3v) is 4.15. The molecular formula is C13H12N6O3S. The van der Waals surface area contributed by atoms with Gasteiger partial charge in [0.15, 0.2) is 0 Å². The van der Waals surface area contributed by atoms with E-state index in [0.29, 0.717) is 10.6 Å². The van der Waals surface area contributed by atoms with Crippen molar-refractivity contribution in [1.82, 2.24) is 19.8 Å². The van der Waals surface area contributed by atoms with Gasteiger partial charge in [0.1, 0.15) is 16.6 Å². The number of imide groups is 1. The molecule has 0 spiro atoms. The van der Waals surface area contributed by atoms with E-state index in [-0.39, 0.29) is 24.8 Å². The van der Waals surface area contributed by atoms with Crippen LogP contribution in [-0.4, -0.2) is 57.5 Å². The van der Waals surface area contributed by atoms with Gasteiger partial charge < -0.3 is 5.32 Å². The third-order valence-electron chi connectivity index (χ3n) is 3.33. The van der Waals surface area contributed by atoms with E-state index in [1.807, 2.05) is 0 Å². The Labute approximate surface area is 135 Å². The Morgan fingerprint density at radius 2 is 2.26 bits per heavy atom. The lowest BCUT2D eigenvalue weighted by Gasteiger charge is -2.27. The van der Waals surface area contributed by atoms with Crippen LogP contribution >= 0.6 is 11.5 Å². The molecule has 1 aromatic heterocycles. The van der Waals surface area contributed by atoms with Crippen molar-refractivity contribution >= 4 is 41.4 Å². The SMILES string of the molecule is Cc1nnsc1C(=O)NCCN1C(=O)N=C2N=CC=CC2C1=O. The Hall–Kier alpha value is -2.75. The molecule has 2 aliphatic rings. The summed E-state index contributed by atoms with van der Waals surface area (Å²) in [7, 11) is 0. The number of amides is 4. The fraction of sp³-hybridized carbons (Fsp3) is 0.308. The number of fused-ring (bicyclic) bond motifs is 1. The maximum Gasteiger partial charge on any atom is 0.352 e. The predicted molar refractivity (Wildman–Crippen MR) is 82.6 cm³/mol. The number of allylic oxidation sites excluding steroid dienone is 1. The number of nitrogens with one attached hydrogen (secondary N) is 1. The molecule has 0 aliphatic carbocycles. The van der Waals surface area contributed by atoms with Crippen molar-refractivity contribution in [1.29, 1.82) is 0 Å². The van der Waals surface area contributed by atoms with Gasteiger partial charge in [0.25, 0.3) is 5.91 Å². The number of dihydropyridines is 1. The molecule has 2 aliphatic heterocycles. The molecule has 0 saturated heterocycles. The molecule has 0 bridgehead atoms. The summed E-state index contributed by atoms with van der Waals surface area (Å²) in [5.74, 6) is -1.16. The number of hydrogen-bond donors (Lipinski definition) is 1. The fourth-order valence-electron chi connectivity index (χ4n) is 2.17. The molecule has 3 heterocycles. The van der Waals surface area contributed by atoms with Crippen LogP contribution in [0.15, 0.2) is 22.1 Å². The molecule has 23 heavy (non-hydrogen) atoms. The van der Waals surface area contributed by atoms with Crippen LogP contribution in [-0.2, 0) is 4.79 Å². The topological polar surface area (TPSA) is 117 Å². The second kappa shape index (κ2) is 6.16. The molecule has 0 radical (unpaired) electrons. The van der Waals surface area contributed by atoms with Gasteiger partial charge in [0.2, 0.25) is 5.91 Å². The Morgan fingerprint density at radius 3 is 3.00 bits per heavy atom. The van der Waals surface area contributed by atoms with E-state index >= 15 is 0 Å². The van der Waals surface area contributed by atoms with E-state index in [2.05, 4.69) is 24.9 Å². The molecule has 3 rings (SSSR count). The lowest BCUT2D eigenvalue weighted by molar-refractivity contribution is -0.129. The van der Waals surface area contributed by atoms with Gasteiger partial charge in [-0.05, 0) is 24.5 Å². The Bertz CT molecular complexity index is 766. The minimum Gasteiger partial charge on any atom is -0.349 e. The average Bonchev–Trinajstić information content (AvgIpc) is 2.96. The third kappa shape index (κ3) is 2.93. The van der Waals surface area contributed by atoms with Crippen LogP contribution in [0.4, 0.5) is 4.79 Å². The predicted octanol–water partition coefficient (Wildman–Crippen LogP) is 0.194. The second-order valence-electron chi connectivity index (χ2n) is 4.83. The largest absolute Gasteiger partial charge is 0.352 e. The summed E-state index contributed by atoms with van der Waals surface area (Å²) in [5.41, 5.74) is 0.539. The highest BCUT2D eigenvalue weighted by molar-refractivity contribution is 7.08. The first-order valence-electron chi connectivity index (χ1n) is 6.80. The number of carbonyl (C=O) groups is 3. The van der Waals surface area contributed by atoms with Crippen LogP contribution in [0.3, 0.4) is 0 Å². The van der Waals surface area contributed by atoms with Crippen LogP contribution < -0.4 is 5.32 Å². The fourth-order valence-corrected chi connectivity index (χ4v) is 2.74. The van der Waals surface area contributed by atoms with E-state index < -0.39 is 17.9 Å². The highest BCUT2D eigenvalue weighted by Crippen LogP contribution is 2.18. The monoisotopic (exact) mass is 332 g/mol. The summed E-state index contributed by atoms with van der Waals surface area (Å²) in [6.45, 7) is 1.85. The molecule has 1 aromatic rings. The van der Waals surface area contributed by atoms with E-state index in [1.165, 1.54) is 6.21 Å². The Kier molecular flexibility index (Phi) is 4.06. The van der Waals surface area contributed by atoms with Crippen LogP contribution in [0.5, 0.6) is 0 Å². The van der Waals surface area contributed by atoms with Gasteiger partial charge in [0.05, 0.1) is 5.69 Å². The number of aromatic nitrogens is 2. The van der Waals surface area contributed by atoms with Gasteiger partial charge in [-0.25, -0.2) is 9.79 Å². The number of amidine groups is 1. The summed E-state index contributed by atoms with van der Waals surface area (Å²) in [6.07, 6.45) is 4.76. The molecule has 0 fully saturated rings. The van der Waals surface area contributed by atoms with Crippen molar-refractivity contribution in [2.24, 2.45) is 15.9 Å². The molecular weight excluding hydrogens is 320 g/mol. The zero-order valence-electron chi connectivity index (χ0n) is 12.1. The van der Waals surface area contributed by atoms with Crippen molar-refractivity contribution in [2.45, 2.75) is 6.92 Å². The second-order valence-corrected chi connectivity index (χ2v) is 5.58. The quantitative estimate of drug-likeness (QED) is 0.845. The van der Waals surface area contributed by atoms with Gasteiger partial charge in [-0.2, -0.15) is 4.99 Å². The van der Waals surface area contributed by atoms with Crippen LogP contribution in [0.2, 0.25) is 0 Å². The molecule has 4 amide bonds. The zero-order valence-corrected chi connectivity index (χ0v) is 12.9. The maximum absolute atomic E-state index is 12.3. The number of nitrogens with zero attached hydrogens (tertiary/aromatic N) is 5. The zero-order chi connectivity index (χ0) is 16.4. The molecule has 0 aromatic carbocycles. The maximum atomic E-state index is 12.3. The summed E-state index contributed by atoms with van der Waals surface area (Å²) >= 11 is 0.992. The van der Waals surface area contributed by atoms with Crippen LogP contribution in [0, 0.1) is 12.8 Å². The van der Waals surface area contributed by atoms with Crippen molar-refractivity contribution < 1.29 is 14.4 Å². The summed E-state index contributed by atoms with van der Waals surface area (Å²) < 4.78 is 3.68. The smallest absolute Gasteiger partial charge is 0.349 e. The van der Waals surface area contributed by atoms with Gasteiger partial charge in [-0.3, -0.25) is 14.5 Å². The molecule has 1 unspecified atom stereocenters. The molecule has 9 nitrogen and oxygen atoms in total. The van der Waals surface area contributed by atoms with Gasteiger partial charge in [-0.1, -0.05) is 10.6 Å². The van der Waals surface area contributed by atoms with Gasteiger partial charge >= 0.3 is 6.03 Å². The standard InChI is InChI=1S/C13H12N6O3S/c1-7-9(23-18-17-7)11(20)15-5-6-19-12(21)8-3-2-4-14-10(8)16-13(19)22/h2-4,8H,5-6H2,1H3,(H,15,20). The normalized spacial score (nSPS) is 19.6. The van der Waals surface area contributed by atoms with Crippen molar-refractivity contribution in [2.75, 3.05) is 13.1 Å². The van der Waals surface area contributed by atoms with E-state index in [4.69, 9.17) is 0 Å². The van der Waals surface area contributed by atoms with Gasteiger partial charge in [0, 0.05) is 19.3 Å². The lowest BCUT2D eigenvalue weighted by atomic mass is 10.0. The number of carbonyl (C=O) groups excluding carboxylic acids is 3. The summed E-state index contributed by atoms with van der Waals surface area (Å²) in [4.78, 5) is 45.3. The Morgan fingerprint density at radius 1 is 1.43 bits per heavy atom. The molecule has 10 heteroatoms. The van der Waals surface area contributed by atoms with Crippen molar-refractivity contribution in [3.63, 3.8) is 0 Å². The molecule has 1 atom stereocenters.